The minimum absolute atomic E-state index is 0.763. The molecule has 0 aromatic carbocycles. The standard InChI is InChI=1S/C13H18N4/c14-11-6-8-13-16-15-12(17(13)9-11)7-5-10-3-1-2-4-10/h6,8-10H,1-5,7,14H2. The van der Waals surface area contributed by atoms with Crippen molar-refractivity contribution in [1.29, 1.82) is 0 Å². The van der Waals surface area contributed by atoms with E-state index in [1.54, 1.807) is 0 Å². The molecule has 0 aliphatic heterocycles. The van der Waals surface area contributed by atoms with Gasteiger partial charge in [0, 0.05) is 18.3 Å². The van der Waals surface area contributed by atoms with E-state index in [2.05, 4.69) is 10.2 Å². The van der Waals surface area contributed by atoms with Gasteiger partial charge < -0.3 is 5.73 Å². The van der Waals surface area contributed by atoms with E-state index < -0.39 is 0 Å². The molecule has 4 heteroatoms. The second-order valence-electron chi connectivity index (χ2n) is 5.00. The van der Waals surface area contributed by atoms with Crippen molar-refractivity contribution in [3.05, 3.63) is 24.2 Å². The number of rotatable bonds is 3. The lowest BCUT2D eigenvalue weighted by atomic mass is 10.0. The molecular formula is C13H18N4. The summed E-state index contributed by atoms with van der Waals surface area (Å²) in [4.78, 5) is 0. The van der Waals surface area contributed by atoms with Crippen LogP contribution in [0.1, 0.15) is 37.9 Å². The molecule has 0 saturated heterocycles. The van der Waals surface area contributed by atoms with Gasteiger partial charge in [0.25, 0.3) is 0 Å². The fourth-order valence-electron chi connectivity index (χ4n) is 2.76. The zero-order valence-corrected chi connectivity index (χ0v) is 9.97. The maximum absolute atomic E-state index is 5.79. The summed E-state index contributed by atoms with van der Waals surface area (Å²) >= 11 is 0. The van der Waals surface area contributed by atoms with Gasteiger partial charge in [0.15, 0.2) is 5.65 Å². The van der Waals surface area contributed by atoms with Crippen molar-refractivity contribution >= 4 is 11.3 Å². The smallest absolute Gasteiger partial charge is 0.160 e. The molecule has 0 radical (unpaired) electrons. The third kappa shape index (κ3) is 2.12. The maximum Gasteiger partial charge on any atom is 0.160 e. The zero-order chi connectivity index (χ0) is 11.7. The highest BCUT2D eigenvalue weighted by atomic mass is 15.2. The van der Waals surface area contributed by atoms with Gasteiger partial charge in [-0.05, 0) is 24.5 Å². The minimum atomic E-state index is 0.763. The normalized spacial score (nSPS) is 16.9. The average molecular weight is 230 g/mol. The van der Waals surface area contributed by atoms with Crippen LogP contribution >= 0.6 is 0 Å². The molecule has 2 aromatic rings. The van der Waals surface area contributed by atoms with Crippen molar-refractivity contribution in [3.8, 4) is 0 Å². The van der Waals surface area contributed by atoms with E-state index in [1.165, 1.54) is 32.1 Å². The Labute approximate surface area is 101 Å². The Morgan fingerprint density at radius 1 is 1.24 bits per heavy atom. The zero-order valence-electron chi connectivity index (χ0n) is 9.97. The van der Waals surface area contributed by atoms with Gasteiger partial charge in [-0.3, -0.25) is 4.40 Å². The molecule has 0 unspecified atom stereocenters. The first-order valence-corrected chi connectivity index (χ1v) is 6.42. The average Bonchev–Trinajstić information content (AvgIpc) is 2.94. The van der Waals surface area contributed by atoms with Crippen LogP contribution in [0.25, 0.3) is 5.65 Å². The van der Waals surface area contributed by atoms with Crippen molar-refractivity contribution < 1.29 is 0 Å². The molecule has 17 heavy (non-hydrogen) atoms. The Balaban J connectivity index is 1.77. The van der Waals surface area contributed by atoms with Crippen molar-refractivity contribution in [3.63, 3.8) is 0 Å². The summed E-state index contributed by atoms with van der Waals surface area (Å²) in [5.74, 6) is 1.93. The van der Waals surface area contributed by atoms with Gasteiger partial charge in [0.1, 0.15) is 5.82 Å². The van der Waals surface area contributed by atoms with Gasteiger partial charge in [-0.1, -0.05) is 25.7 Å². The second kappa shape index (κ2) is 4.35. The van der Waals surface area contributed by atoms with Crippen LogP contribution in [0.3, 0.4) is 0 Å². The Hall–Kier alpha value is -1.58. The Kier molecular flexibility index (Phi) is 2.71. The SMILES string of the molecule is Nc1ccc2nnc(CCC3CCCC3)n2c1. The molecule has 1 fully saturated rings. The molecule has 2 heterocycles. The predicted octanol–water partition coefficient (Wildman–Crippen LogP) is 2.43. The van der Waals surface area contributed by atoms with E-state index in [0.29, 0.717) is 0 Å². The van der Waals surface area contributed by atoms with Crippen LogP contribution in [0.4, 0.5) is 5.69 Å². The molecule has 1 aliphatic carbocycles. The number of nitrogens with zero attached hydrogens (tertiary/aromatic N) is 3. The molecule has 4 nitrogen and oxygen atoms in total. The fourth-order valence-corrected chi connectivity index (χ4v) is 2.76. The number of anilines is 1. The lowest BCUT2D eigenvalue weighted by molar-refractivity contribution is 0.496. The summed E-state index contributed by atoms with van der Waals surface area (Å²) in [6, 6.07) is 3.78. The highest BCUT2D eigenvalue weighted by Gasteiger charge is 2.16. The summed E-state index contributed by atoms with van der Waals surface area (Å²) in [6.07, 6.45) is 9.73. The van der Waals surface area contributed by atoms with Crippen molar-refractivity contribution in [2.24, 2.45) is 5.92 Å². The van der Waals surface area contributed by atoms with E-state index in [4.69, 9.17) is 5.73 Å². The molecule has 0 amide bonds. The van der Waals surface area contributed by atoms with Crippen LogP contribution in [0, 0.1) is 5.92 Å². The first kappa shape index (κ1) is 10.6. The van der Waals surface area contributed by atoms with Crippen LogP contribution in [0.2, 0.25) is 0 Å². The first-order valence-electron chi connectivity index (χ1n) is 6.42. The van der Waals surface area contributed by atoms with Crippen molar-refractivity contribution in [2.45, 2.75) is 38.5 Å². The molecule has 90 valence electrons. The van der Waals surface area contributed by atoms with E-state index in [-0.39, 0.29) is 0 Å². The van der Waals surface area contributed by atoms with Gasteiger partial charge in [-0.15, -0.1) is 10.2 Å². The lowest BCUT2D eigenvalue weighted by Crippen LogP contribution is -2.01. The molecule has 2 aromatic heterocycles. The number of hydrogen-bond donors (Lipinski definition) is 1. The lowest BCUT2D eigenvalue weighted by Gasteiger charge is -2.07. The molecule has 0 bridgehead atoms. The van der Waals surface area contributed by atoms with Crippen LogP contribution in [0.15, 0.2) is 18.3 Å². The number of hydrogen-bond acceptors (Lipinski definition) is 3. The Bertz CT molecular complexity index is 511. The highest BCUT2D eigenvalue weighted by molar-refractivity contribution is 5.47. The number of aryl methyl sites for hydroxylation is 1. The van der Waals surface area contributed by atoms with Crippen LogP contribution < -0.4 is 5.73 Å². The van der Waals surface area contributed by atoms with Gasteiger partial charge in [-0.25, -0.2) is 0 Å². The molecule has 0 spiro atoms. The van der Waals surface area contributed by atoms with E-state index in [1.807, 2.05) is 22.7 Å². The minimum Gasteiger partial charge on any atom is -0.398 e. The fraction of sp³-hybridized carbons (Fsp3) is 0.538. The molecule has 2 N–H and O–H groups in total. The Morgan fingerprint density at radius 3 is 2.88 bits per heavy atom. The van der Waals surface area contributed by atoms with Crippen molar-refractivity contribution in [2.75, 3.05) is 5.73 Å². The molecule has 1 saturated carbocycles. The predicted molar refractivity (Wildman–Crippen MR) is 67.7 cm³/mol. The number of fused-ring (bicyclic) bond motifs is 1. The maximum atomic E-state index is 5.79. The monoisotopic (exact) mass is 230 g/mol. The summed E-state index contributed by atoms with van der Waals surface area (Å²) in [7, 11) is 0. The third-order valence-electron chi connectivity index (χ3n) is 3.75. The number of aromatic nitrogens is 3. The van der Waals surface area contributed by atoms with Crippen LogP contribution in [-0.2, 0) is 6.42 Å². The molecule has 1 aliphatic rings. The second-order valence-corrected chi connectivity index (χ2v) is 5.00. The van der Waals surface area contributed by atoms with Crippen molar-refractivity contribution in [1.82, 2.24) is 14.6 Å². The highest BCUT2D eigenvalue weighted by Crippen LogP contribution is 2.28. The molecular weight excluding hydrogens is 212 g/mol. The molecule has 3 rings (SSSR count). The summed E-state index contributed by atoms with van der Waals surface area (Å²) < 4.78 is 2.02. The number of nitrogens with two attached hydrogens (primary N) is 1. The van der Waals surface area contributed by atoms with E-state index in [0.717, 1.165) is 29.5 Å². The summed E-state index contributed by atoms with van der Waals surface area (Å²) in [5.41, 5.74) is 7.45. The van der Waals surface area contributed by atoms with E-state index >= 15 is 0 Å². The molecule has 0 atom stereocenters. The van der Waals surface area contributed by atoms with E-state index in [9.17, 15) is 0 Å². The first-order chi connectivity index (χ1) is 8.33. The summed E-state index contributed by atoms with van der Waals surface area (Å²) in [6.45, 7) is 0. The van der Waals surface area contributed by atoms with Gasteiger partial charge >= 0.3 is 0 Å². The van der Waals surface area contributed by atoms with Crippen LogP contribution in [0.5, 0.6) is 0 Å². The van der Waals surface area contributed by atoms with Gasteiger partial charge in [0.2, 0.25) is 0 Å². The number of nitrogen functional groups attached to an aromatic ring is 1. The van der Waals surface area contributed by atoms with Gasteiger partial charge in [0.05, 0.1) is 0 Å². The van der Waals surface area contributed by atoms with Gasteiger partial charge in [-0.2, -0.15) is 0 Å². The van der Waals surface area contributed by atoms with Crippen LogP contribution in [-0.4, -0.2) is 14.6 Å². The largest absolute Gasteiger partial charge is 0.398 e. The quantitative estimate of drug-likeness (QED) is 0.881. The third-order valence-corrected chi connectivity index (χ3v) is 3.75. The Morgan fingerprint density at radius 2 is 2.06 bits per heavy atom. The number of pyridine rings is 1. The summed E-state index contributed by atoms with van der Waals surface area (Å²) in [5, 5.41) is 8.42. The topological polar surface area (TPSA) is 56.2 Å².